The molecule has 0 aliphatic carbocycles. The average Bonchev–Trinajstić information content (AvgIpc) is 2.88. The molecule has 1 heterocycles. The van der Waals surface area contributed by atoms with Gasteiger partial charge in [-0.3, -0.25) is 19.3 Å². The lowest BCUT2D eigenvalue weighted by Gasteiger charge is -2.39. The van der Waals surface area contributed by atoms with Gasteiger partial charge in [-0.2, -0.15) is 0 Å². The molecule has 1 aliphatic rings. The van der Waals surface area contributed by atoms with E-state index in [1.807, 2.05) is 6.07 Å². The molecule has 3 rings (SSSR count). The van der Waals surface area contributed by atoms with Crippen LogP contribution in [-0.2, 0) is 25.7 Å². The first-order valence-corrected chi connectivity index (χ1v) is 13.2. The largest absolute Gasteiger partial charge is 0.598 e. The number of Topliss-reactive ketones (excluding diaryl/α,β-unsaturated/α-hetero) is 1. The van der Waals surface area contributed by atoms with E-state index >= 15 is 0 Å². The molecule has 0 spiro atoms. The van der Waals surface area contributed by atoms with Crippen LogP contribution in [0.1, 0.15) is 31.4 Å². The third kappa shape index (κ3) is 7.47. The Balaban J connectivity index is 1.52. The summed E-state index contributed by atoms with van der Waals surface area (Å²) in [5.41, 5.74) is 1.28. The van der Waals surface area contributed by atoms with Gasteiger partial charge in [-0.05, 0) is 36.1 Å². The van der Waals surface area contributed by atoms with Gasteiger partial charge in [0, 0.05) is 30.5 Å². The van der Waals surface area contributed by atoms with Crippen molar-refractivity contribution in [1.29, 1.82) is 0 Å². The van der Waals surface area contributed by atoms with E-state index in [-0.39, 0.29) is 25.2 Å². The molecule has 2 N–H and O–H groups in total. The van der Waals surface area contributed by atoms with Crippen LogP contribution in [0.2, 0.25) is 0 Å². The van der Waals surface area contributed by atoms with E-state index in [9.17, 15) is 23.3 Å². The minimum atomic E-state index is -1.36. The van der Waals surface area contributed by atoms with E-state index in [0.717, 1.165) is 25.9 Å². The summed E-state index contributed by atoms with van der Waals surface area (Å²) < 4.78 is 26.2. The highest BCUT2D eigenvalue weighted by atomic mass is 32.2. The molecule has 8 nitrogen and oxygen atoms in total. The first kappa shape index (κ1) is 27.1. The smallest absolute Gasteiger partial charge is 0.239 e. The second-order valence-corrected chi connectivity index (χ2v) is 10.1. The zero-order valence-corrected chi connectivity index (χ0v) is 21.0. The number of nitrogens with one attached hydrogen (secondary N) is 2. The van der Waals surface area contributed by atoms with Gasteiger partial charge in [0.05, 0.1) is 19.1 Å². The van der Waals surface area contributed by atoms with Gasteiger partial charge in [0.2, 0.25) is 11.8 Å². The lowest BCUT2D eigenvalue weighted by molar-refractivity contribution is -0.127. The Morgan fingerprint density at radius 3 is 2.43 bits per heavy atom. The summed E-state index contributed by atoms with van der Waals surface area (Å²) in [6.45, 7) is 1.85. The molecule has 190 valence electrons. The second kappa shape index (κ2) is 13.0. The Bertz CT molecular complexity index is 1020. The number of ketones is 1. The number of benzene rings is 2. The molecule has 1 saturated heterocycles. The topological polar surface area (TPSA) is 105 Å². The number of likely N-dealkylation sites (tertiary alicyclic amines) is 1. The number of halogens is 1. The van der Waals surface area contributed by atoms with Crippen molar-refractivity contribution in [3.63, 3.8) is 0 Å². The zero-order chi connectivity index (χ0) is 25.4. The lowest BCUT2D eigenvalue weighted by Crippen LogP contribution is -2.51. The van der Waals surface area contributed by atoms with Crippen LogP contribution in [0, 0.1) is 0 Å². The van der Waals surface area contributed by atoms with E-state index in [1.165, 1.54) is 16.3 Å². The van der Waals surface area contributed by atoms with E-state index in [4.69, 9.17) is 0 Å². The fourth-order valence-electron chi connectivity index (χ4n) is 4.49. The standard InChI is InChI=1S/C25H33FN4O4S/c1-18(22-9-5-7-19-6-3-4-8-23(19)22)29-12-10-20(11-13-29)30(35(2)34)17-25(33)28-16-24(32)27-15-21(31)14-26/h3-9,18,20H,10-17H2,1-2H3,(H,27,32)(H,28,33). The summed E-state index contributed by atoms with van der Waals surface area (Å²) in [5.74, 6) is -1.75. The number of carbonyl (C=O) groups excluding carboxylic acids is 3. The normalized spacial score (nSPS) is 16.7. The molecular weight excluding hydrogens is 471 g/mol. The van der Waals surface area contributed by atoms with Crippen LogP contribution in [0.5, 0.6) is 0 Å². The van der Waals surface area contributed by atoms with E-state index in [2.05, 4.69) is 58.9 Å². The van der Waals surface area contributed by atoms with Gasteiger partial charge in [-0.15, -0.1) is 4.31 Å². The van der Waals surface area contributed by atoms with Gasteiger partial charge in [0.25, 0.3) is 0 Å². The SMILES string of the molecule is CC(c1cccc2ccccc12)N1CCC(N(CC(=O)NCC(=O)NCC(=O)CF)[S+](C)[O-])CC1. The molecule has 2 aromatic carbocycles. The maximum Gasteiger partial charge on any atom is 0.239 e. The predicted molar refractivity (Wildman–Crippen MR) is 135 cm³/mol. The average molecular weight is 505 g/mol. The van der Waals surface area contributed by atoms with E-state index < -0.39 is 42.2 Å². The van der Waals surface area contributed by atoms with E-state index in [0.29, 0.717) is 0 Å². The van der Waals surface area contributed by atoms with Crippen molar-refractivity contribution >= 4 is 39.7 Å². The van der Waals surface area contributed by atoms with Crippen molar-refractivity contribution in [1.82, 2.24) is 19.8 Å². The number of carbonyl (C=O) groups is 3. The summed E-state index contributed by atoms with van der Waals surface area (Å²) in [4.78, 5) is 37.4. The highest BCUT2D eigenvalue weighted by molar-refractivity contribution is 7.88. The Labute approximate surface area is 208 Å². The highest BCUT2D eigenvalue weighted by Gasteiger charge is 2.33. The number of nitrogens with zero attached hydrogens (tertiary/aromatic N) is 2. The third-order valence-electron chi connectivity index (χ3n) is 6.44. The van der Waals surface area contributed by atoms with Gasteiger partial charge in [-0.25, -0.2) is 4.39 Å². The monoisotopic (exact) mass is 504 g/mol. The van der Waals surface area contributed by atoms with Crippen LogP contribution < -0.4 is 10.6 Å². The van der Waals surface area contributed by atoms with Crippen LogP contribution >= 0.6 is 0 Å². The number of alkyl halides is 1. The molecule has 1 aliphatic heterocycles. The third-order valence-corrected chi connectivity index (χ3v) is 7.52. The molecule has 2 atom stereocenters. The van der Waals surface area contributed by atoms with Crippen molar-refractivity contribution in [2.45, 2.75) is 31.8 Å². The fourth-order valence-corrected chi connectivity index (χ4v) is 5.42. The maximum absolute atomic E-state index is 12.4. The molecule has 10 heteroatoms. The number of rotatable bonds is 11. The first-order valence-electron chi connectivity index (χ1n) is 11.7. The summed E-state index contributed by atoms with van der Waals surface area (Å²) in [5, 5.41) is 7.18. The molecule has 35 heavy (non-hydrogen) atoms. The molecule has 2 unspecified atom stereocenters. The second-order valence-electron chi connectivity index (χ2n) is 8.74. The molecule has 0 bridgehead atoms. The number of hydrogen-bond donors (Lipinski definition) is 2. The molecule has 0 aromatic heterocycles. The minimum Gasteiger partial charge on any atom is -0.598 e. The van der Waals surface area contributed by atoms with Crippen molar-refractivity contribution in [3.8, 4) is 0 Å². The Hall–Kier alpha value is -2.53. The van der Waals surface area contributed by atoms with Gasteiger partial charge in [0.1, 0.15) is 19.5 Å². The van der Waals surface area contributed by atoms with Gasteiger partial charge >= 0.3 is 0 Å². The summed E-state index contributed by atoms with van der Waals surface area (Å²) in [7, 11) is 0. The van der Waals surface area contributed by atoms with Crippen LogP contribution in [0.3, 0.4) is 0 Å². The number of piperidine rings is 1. The van der Waals surface area contributed by atoms with Crippen molar-refractivity contribution in [3.05, 3.63) is 48.0 Å². The predicted octanol–water partition coefficient (Wildman–Crippen LogP) is 1.73. The molecule has 0 radical (unpaired) electrons. The summed E-state index contributed by atoms with van der Waals surface area (Å²) in [6, 6.07) is 14.9. The highest BCUT2D eigenvalue weighted by Crippen LogP contribution is 2.31. The van der Waals surface area contributed by atoms with E-state index in [1.54, 1.807) is 10.6 Å². The van der Waals surface area contributed by atoms with Gasteiger partial charge in [-0.1, -0.05) is 42.5 Å². The van der Waals surface area contributed by atoms with Crippen LogP contribution in [-0.4, -0.2) is 83.1 Å². The lowest BCUT2D eigenvalue weighted by atomic mass is 9.96. The quantitative estimate of drug-likeness (QED) is 0.452. The van der Waals surface area contributed by atoms with Crippen LogP contribution in [0.25, 0.3) is 10.8 Å². The van der Waals surface area contributed by atoms with Crippen LogP contribution in [0.15, 0.2) is 42.5 Å². The van der Waals surface area contributed by atoms with Crippen molar-refractivity contribution < 1.29 is 23.3 Å². The number of fused-ring (bicyclic) bond motifs is 1. The fraction of sp³-hybridized carbons (Fsp3) is 0.480. The van der Waals surface area contributed by atoms with Crippen molar-refractivity contribution in [2.24, 2.45) is 0 Å². The summed E-state index contributed by atoms with van der Waals surface area (Å²) >= 11 is -1.36. The summed E-state index contributed by atoms with van der Waals surface area (Å²) in [6.07, 6.45) is 3.09. The first-order chi connectivity index (χ1) is 16.8. The Kier molecular flexibility index (Phi) is 10.0. The Morgan fingerprint density at radius 1 is 1.09 bits per heavy atom. The molecule has 1 fully saturated rings. The zero-order valence-electron chi connectivity index (χ0n) is 20.2. The molecule has 2 amide bonds. The van der Waals surface area contributed by atoms with Gasteiger partial charge < -0.3 is 15.2 Å². The number of amides is 2. The Morgan fingerprint density at radius 2 is 1.74 bits per heavy atom. The molecular formula is C25H33FN4O4S. The van der Waals surface area contributed by atoms with Crippen molar-refractivity contribution in [2.75, 3.05) is 45.7 Å². The number of hydrogen-bond acceptors (Lipinski definition) is 6. The minimum absolute atomic E-state index is 0.0152. The molecule has 2 aromatic rings. The van der Waals surface area contributed by atoms with Crippen LogP contribution in [0.4, 0.5) is 4.39 Å². The van der Waals surface area contributed by atoms with Gasteiger partial charge in [0.15, 0.2) is 5.78 Å². The maximum atomic E-state index is 12.4. The molecule has 0 saturated carbocycles.